The third-order valence-electron chi connectivity index (χ3n) is 9.64. The highest BCUT2D eigenvalue weighted by Crippen LogP contribution is 2.26. The molecule has 0 aromatic rings. The van der Waals surface area contributed by atoms with Crippen LogP contribution in [0.3, 0.4) is 0 Å². The smallest absolute Gasteiger partial charge is 0.397 e. The molecule has 53 heavy (non-hydrogen) atoms. The maximum Gasteiger partial charge on any atom is 0.397 e. The molecule has 6 atom stereocenters. The Balaban J connectivity index is 2.47. The molecule has 12 nitrogen and oxygen atoms in total. The van der Waals surface area contributed by atoms with Crippen molar-refractivity contribution < 1.29 is 56.2 Å². The van der Waals surface area contributed by atoms with Gasteiger partial charge in [0.05, 0.1) is 19.8 Å². The summed E-state index contributed by atoms with van der Waals surface area (Å²) in [6.07, 6.45) is 23.9. The summed E-state index contributed by atoms with van der Waals surface area (Å²) in [6.45, 7) is 3.97. The second kappa shape index (κ2) is 33.0. The van der Waals surface area contributed by atoms with Crippen LogP contribution < -0.4 is 0 Å². The first-order valence-corrected chi connectivity index (χ1v) is 22.3. The third kappa shape index (κ3) is 27.1. The lowest BCUT2D eigenvalue weighted by Gasteiger charge is -2.41. The maximum absolute atomic E-state index is 12.8. The summed E-state index contributed by atoms with van der Waals surface area (Å²) in [4.78, 5) is 12.8. The van der Waals surface area contributed by atoms with E-state index in [1.807, 2.05) is 0 Å². The zero-order valence-electron chi connectivity index (χ0n) is 33.1. The molecule has 6 unspecified atom stereocenters. The summed E-state index contributed by atoms with van der Waals surface area (Å²) < 4.78 is 58.8. The van der Waals surface area contributed by atoms with E-state index in [4.69, 9.17) is 23.5 Å². The molecule has 0 amide bonds. The number of allylic oxidation sites excluding steroid dienone is 2. The molecule has 0 aromatic heterocycles. The molecule has 1 saturated heterocycles. The zero-order chi connectivity index (χ0) is 39.0. The first-order chi connectivity index (χ1) is 25.6. The first kappa shape index (κ1) is 49.9. The number of ether oxygens (including phenoxy) is 4. The Hall–Kier alpha value is -1.16. The van der Waals surface area contributed by atoms with Gasteiger partial charge in [0.15, 0.2) is 6.29 Å². The average Bonchev–Trinajstić information content (AvgIpc) is 3.12. The molecular weight excluding hydrogens is 704 g/mol. The second-order valence-electron chi connectivity index (χ2n) is 14.6. The number of unbranched alkanes of at least 4 members (excludes halogenated alkanes) is 21. The van der Waals surface area contributed by atoms with Gasteiger partial charge in [-0.05, 0) is 38.5 Å². The predicted octanol–water partition coefficient (Wildman–Crippen LogP) is 7.91. The molecular formula is C40H76O12S. The first-order valence-electron chi connectivity index (χ1n) is 20.9. The van der Waals surface area contributed by atoms with Crippen LogP contribution in [0.1, 0.15) is 174 Å². The number of aliphatic hydroxyl groups is 3. The lowest BCUT2D eigenvalue weighted by Crippen LogP contribution is -2.60. The van der Waals surface area contributed by atoms with E-state index < -0.39 is 59.8 Å². The Morgan fingerprint density at radius 1 is 0.698 bits per heavy atom. The number of esters is 1. The molecule has 4 N–H and O–H groups in total. The Morgan fingerprint density at radius 2 is 1.19 bits per heavy atom. The van der Waals surface area contributed by atoms with E-state index in [2.05, 4.69) is 30.2 Å². The fraction of sp³-hybridized carbons (Fsp3) is 0.925. The number of rotatable bonds is 36. The van der Waals surface area contributed by atoms with Crippen molar-refractivity contribution in [3.63, 3.8) is 0 Å². The van der Waals surface area contributed by atoms with Gasteiger partial charge in [0, 0.05) is 13.0 Å². The van der Waals surface area contributed by atoms with Crippen LogP contribution in [0.25, 0.3) is 0 Å². The van der Waals surface area contributed by atoms with Crippen molar-refractivity contribution >= 4 is 16.4 Å². The molecule has 0 saturated carbocycles. The van der Waals surface area contributed by atoms with E-state index in [1.54, 1.807) is 0 Å². The van der Waals surface area contributed by atoms with Gasteiger partial charge in [0.25, 0.3) is 0 Å². The lowest BCUT2D eigenvalue weighted by molar-refractivity contribution is -0.301. The highest BCUT2D eigenvalue weighted by atomic mass is 32.3. The SMILES string of the molecule is CCCCCCCC/C=C\CCCCCCCC(=O)OC(COCCCCCCCCCCCCC)COC1OC(CO)C(O)C(OS(=O)(=O)O)C1O. The number of carbonyl (C=O) groups is 1. The van der Waals surface area contributed by atoms with Gasteiger partial charge in [0.1, 0.15) is 30.5 Å². The van der Waals surface area contributed by atoms with Crippen LogP contribution in [0, 0.1) is 0 Å². The van der Waals surface area contributed by atoms with E-state index in [-0.39, 0.29) is 19.6 Å². The summed E-state index contributed by atoms with van der Waals surface area (Å²) in [6, 6.07) is 0. The van der Waals surface area contributed by atoms with Gasteiger partial charge < -0.3 is 34.3 Å². The molecule has 1 aliphatic heterocycles. The fourth-order valence-corrected chi connectivity index (χ4v) is 6.94. The minimum Gasteiger partial charge on any atom is -0.457 e. The van der Waals surface area contributed by atoms with E-state index in [9.17, 15) is 28.5 Å². The van der Waals surface area contributed by atoms with E-state index >= 15 is 0 Å². The van der Waals surface area contributed by atoms with Gasteiger partial charge in [-0.3, -0.25) is 9.35 Å². The monoisotopic (exact) mass is 781 g/mol. The van der Waals surface area contributed by atoms with Crippen LogP contribution in [0.5, 0.6) is 0 Å². The number of hydrogen-bond donors (Lipinski definition) is 4. The molecule has 314 valence electrons. The van der Waals surface area contributed by atoms with Crippen LogP contribution >= 0.6 is 0 Å². The minimum atomic E-state index is -5.05. The minimum absolute atomic E-state index is 0.0374. The Labute approximate surface area is 321 Å². The number of carbonyl (C=O) groups excluding carboxylic acids is 1. The van der Waals surface area contributed by atoms with E-state index in [0.29, 0.717) is 13.0 Å². The van der Waals surface area contributed by atoms with Crippen LogP contribution in [0.15, 0.2) is 12.2 Å². The summed E-state index contributed by atoms with van der Waals surface area (Å²) in [7, 11) is -5.05. The Kier molecular flexibility index (Phi) is 31.1. The van der Waals surface area contributed by atoms with Crippen molar-refractivity contribution in [2.75, 3.05) is 26.4 Å². The van der Waals surface area contributed by atoms with Gasteiger partial charge in [-0.2, -0.15) is 8.42 Å². The normalized spacial score (nSPS) is 21.4. The van der Waals surface area contributed by atoms with Gasteiger partial charge in [-0.1, -0.05) is 142 Å². The maximum atomic E-state index is 12.8. The highest BCUT2D eigenvalue weighted by molar-refractivity contribution is 7.80. The van der Waals surface area contributed by atoms with Gasteiger partial charge in [0.2, 0.25) is 0 Å². The van der Waals surface area contributed by atoms with Crippen LogP contribution in [0.2, 0.25) is 0 Å². The van der Waals surface area contributed by atoms with E-state index in [0.717, 1.165) is 57.8 Å². The summed E-state index contributed by atoms with van der Waals surface area (Å²) in [5, 5.41) is 30.6. The zero-order valence-corrected chi connectivity index (χ0v) is 33.9. The third-order valence-corrected chi connectivity index (χ3v) is 10.1. The second-order valence-corrected chi connectivity index (χ2v) is 15.6. The summed E-state index contributed by atoms with van der Waals surface area (Å²) in [5.41, 5.74) is 0. The van der Waals surface area contributed by atoms with E-state index in [1.165, 1.54) is 89.9 Å². The molecule has 1 rings (SSSR count). The topological polar surface area (TPSA) is 178 Å². The highest BCUT2D eigenvalue weighted by Gasteiger charge is 2.48. The van der Waals surface area contributed by atoms with Crippen molar-refractivity contribution in [3.8, 4) is 0 Å². The molecule has 0 spiro atoms. The van der Waals surface area contributed by atoms with Crippen LogP contribution in [0.4, 0.5) is 0 Å². The van der Waals surface area contributed by atoms with Crippen molar-refractivity contribution in [2.45, 2.75) is 211 Å². The summed E-state index contributed by atoms with van der Waals surface area (Å²) in [5.74, 6) is -0.407. The predicted molar refractivity (Wildman–Crippen MR) is 207 cm³/mol. The number of hydrogen-bond acceptors (Lipinski definition) is 11. The van der Waals surface area contributed by atoms with Crippen molar-refractivity contribution in [2.24, 2.45) is 0 Å². The molecule has 0 bridgehead atoms. The van der Waals surface area contributed by atoms with Crippen LogP contribution in [-0.4, -0.2) is 97.5 Å². The fourth-order valence-electron chi connectivity index (χ4n) is 6.43. The lowest BCUT2D eigenvalue weighted by atomic mass is 9.99. The summed E-state index contributed by atoms with van der Waals surface area (Å²) >= 11 is 0. The average molecular weight is 781 g/mol. The largest absolute Gasteiger partial charge is 0.457 e. The van der Waals surface area contributed by atoms with Crippen molar-refractivity contribution in [3.05, 3.63) is 12.2 Å². The van der Waals surface area contributed by atoms with Crippen molar-refractivity contribution in [1.29, 1.82) is 0 Å². The molecule has 1 heterocycles. The Morgan fingerprint density at radius 3 is 1.70 bits per heavy atom. The van der Waals surface area contributed by atoms with Gasteiger partial charge in [-0.15, -0.1) is 0 Å². The van der Waals surface area contributed by atoms with Crippen LogP contribution in [-0.2, 0) is 38.3 Å². The van der Waals surface area contributed by atoms with Crippen molar-refractivity contribution in [1.82, 2.24) is 0 Å². The number of aliphatic hydroxyl groups excluding tert-OH is 3. The molecule has 13 heteroatoms. The molecule has 0 aliphatic carbocycles. The molecule has 1 fully saturated rings. The van der Waals surface area contributed by atoms with Gasteiger partial charge in [-0.25, -0.2) is 4.18 Å². The molecule has 0 radical (unpaired) electrons. The quantitative estimate of drug-likeness (QED) is 0.0209. The Bertz CT molecular complexity index is 994. The molecule has 1 aliphatic rings. The van der Waals surface area contributed by atoms with Gasteiger partial charge >= 0.3 is 16.4 Å². The molecule has 0 aromatic carbocycles. The standard InChI is InChI=1S/C40H76O12S/c1-3-5-7-9-11-13-15-16-17-18-19-21-23-25-27-29-36(42)50-34(32-48-30-28-26-24-22-20-14-12-10-8-6-4-2)33-49-40-38(44)39(52-53(45,46)47)37(43)35(31-41)51-40/h16-17,34-35,37-41,43-44H,3-15,18-33H2,1-2H3,(H,45,46,47)/b17-16-.